The van der Waals surface area contributed by atoms with Gasteiger partial charge in [-0.2, -0.15) is 0 Å². The Morgan fingerprint density at radius 2 is 1.50 bits per heavy atom. The molecule has 0 bridgehead atoms. The van der Waals surface area contributed by atoms with Gasteiger partial charge in [-0.1, -0.05) is 37.3 Å². The van der Waals surface area contributed by atoms with Crippen LogP contribution in [0.2, 0.25) is 0 Å². The van der Waals surface area contributed by atoms with Crippen LogP contribution in [-0.4, -0.2) is 30.5 Å². The van der Waals surface area contributed by atoms with E-state index >= 15 is 0 Å². The monoisotopic (exact) mass is 515 g/mol. The lowest BCUT2D eigenvalue weighted by Gasteiger charge is -2.19. The lowest BCUT2D eigenvalue weighted by atomic mass is 9.98. The van der Waals surface area contributed by atoms with Crippen LogP contribution in [-0.2, 0) is 27.4 Å². The van der Waals surface area contributed by atoms with Crippen LogP contribution in [0.25, 0.3) is 0 Å². The number of carbonyl (C=O) groups is 3. The second-order valence-electron chi connectivity index (χ2n) is 8.10. The molecule has 0 unspecified atom stereocenters. The molecule has 36 heavy (non-hydrogen) atoms. The van der Waals surface area contributed by atoms with Gasteiger partial charge in [0.25, 0.3) is 0 Å². The van der Waals surface area contributed by atoms with Crippen LogP contribution in [0.3, 0.4) is 0 Å². The van der Waals surface area contributed by atoms with Crippen molar-refractivity contribution >= 4 is 17.9 Å². The normalized spacial score (nSPS) is 12.5. The number of alkyl carbamates (subject to hydrolysis) is 1. The van der Waals surface area contributed by atoms with Gasteiger partial charge in [0.05, 0.1) is 0 Å². The van der Waals surface area contributed by atoms with Gasteiger partial charge < -0.3 is 21.1 Å². The van der Waals surface area contributed by atoms with Crippen molar-refractivity contribution < 1.29 is 41.1 Å². The second kappa shape index (κ2) is 13.4. The number of hydrogen-bond acceptors (Lipinski definition) is 4. The van der Waals surface area contributed by atoms with Gasteiger partial charge in [-0.15, -0.1) is 0 Å². The van der Waals surface area contributed by atoms with E-state index in [1.807, 2.05) is 18.2 Å². The number of hydrogen-bond donors (Lipinski definition) is 3. The molecule has 0 aromatic heterocycles. The Kier molecular flexibility index (Phi) is 10.6. The topological polar surface area (TPSA) is 111 Å². The standard InChI is InChI=1S/C24H26F5N3O4/c1-13(11-15-17(25)19(27)21(29)20(28)18(15)26)23(34)32-16(22(30)33)9-5-6-10-31-24(35)36-12-14-7-3-2-4-8-14/h2-4,7-8,13,16H,5-6,9-12H2,1H3,(H2,30,33)(H,31,35)(H,32,34)/t13-,16-/m0/s1. The Bertz CT molecular complexity index is 1060. The molecule has 196 valence electrons. The summed E-state index contributed by atoms with van der Waals surface area (Å²) >= 11 is 0. The first kappa shape index (κ1) is 28.5. The van der Waals surface area contributed by atoms with E-state index in [4.69, 9.17) is 10.5 Å². The van der Waals surface area contributed by atoms with Crippen LogP contribution in [0, 0.1) is 35.0 Å². The lowest BCUT2D eigenvalue weighted by molar-refractivity contribution is -0.129. The third kappa shape index (κ3) is 7.92. The molecule has 2 aromatic carbocycles. The maximum absolute atomic E-state index is 13.9. The molecular formula is C24H26F5N3O4. The zero-order chi connectivity index (χ0) is 26.8. The molecular weight excluding hydrogens is 489 g/mol. The number of primary amides is 1. The summed E-state index contributed by atoms with van der Waals surface area (Å²) in [6.45, 7) is 1.53. The predicted molar refractivity (Wildman–Crippen MR) is 119 cm³/mol. The number of ether oxygens (including phenoxy) is 1. The highest BCUT2D eigenvalue weighted by molar-refractivity contribution is 5.87. The Morgan fingerprint density at radius 3 is 2.08 bits per heavy atom. The van der Waals surface area contributed by atoms with Gasteiger partial charge >= 0.3 is 6.09 Å². The van der Waals surface area contributed by atoms with Crippen molar-refractivity contribution in [3.8, 4) is 0 Å². The fourth-order valence-corrected chi connectivity index (χ4v) is 3.27. The van der Waals surface area contributed by atoms with Crippen LogP contribution >= 0.6 is 0 Å². The van der Waals surface area contributed by atoms with Crippen molar-refractivity contribution in [1.82, 2.24) is 10.6 Å². The van der Waals surface area contributed by atoms with E-state index in [1.165, 1.54) is 6.92 Å². The number of unbranched alkanes of at least 4 members (excludes halogenated alkanes) is 1. The number of rotatable bonds is 12. The van der Waals surface area contributed by atoms with E-state index in [2.05, 4.69) is 10.6 Å². The number of nitrogens with one attached hydrogen (secondary N) is 2. The van der Waals surface area contributed by atoms with E-state index in [0.29, 0.717) is 12.8 Å². The summed E-state index contributed by atoms with van der Waals surface area (Å²) in [6.07, 6.45) is -0.547. The molecule has 0 aliphatic heterocycles. The number of halogens is 5. The summed E-state index contributed by atoms with van der Waals surface area (Å²) in [4.78, 5) is 35.8. The molecule has 0 fully saturated rings. The number of nitrogens with two attached hydrogens (primary N) is 1. The Labute approximate surface area is 204 Å². The molecule has 0 aliphatic rings. The van der Waals surface area contributed by atoms with Gasteiger partial charge in [0.15, 0.2) is 23.3 Å². The quantitative estimate of drug-likeness (QED) is 0.174. The van der Waals surface area contributed by atoms with Gasteiger partial charge in [0.2, 0.25) is 17.6 Å². The summed E-state index contributed by atoms with van der Waals surface area (Å²) < 4.78 is 72.8. The van der Waals surface area contributed by atoms with Gasteiger partial charge in [-0.05, 0) is 31.2 Å². The SMILES string of the molecule is C[C@@H](Cc1c(F)c(F)c(F)c(F)c1F)C(=O)N[C@@H](CCCCNC(=O)OCc1ccccc1)C(N)=O. The van der Waals surface area contributed by atoms with Gasteiger partial charge in [-0.3, -0.25) is 9.59 Å². The minimum atomic E-state index is -2.29. The zero-order valence-corrected chi connectivity index (χ0v) is 19.4. The number of amides is 3. The molecule has 7 nitrogen and oxygen atoms in total. The molecule has 0 heterocycles. The molecule has 2 aromatic rings. The maximum atomic E-state index is 13.9. The molecule has 2 rings (SSSR count). The average Bonchev–Trinajstić information content (AvgIpc) is 2.86. The average molecular weight is 515 g/mol. The molecule has 0 aliphatic carbocycles. The van der Waals surface area contributed by atoms with Crippen LogP contribution in [0.15, 0.2) is 30.3 Å². The lowest BCUT2D eigenvalue weighted by Crippen LogP contribution is -2.46. The molecule has 0 spiro atoms. The number of benzene rings is 2. The third-order valence-electron chi connectivity index (χ3n) is 5.32. The smallest absolute Gasteiger partial charge is 0.407 e. The van der Waals surface area contributed by atoms with Crippen LogP contribution in [0.5, 0.6) is 0 Å². The van der Waals surface area contributed by atoms with Crippen molar-refractivity contribution in [3.05, 3.63) is 70.5 Å². The molecule has 4 N–H and O–H groups in total. The van der Waals surface area contributed by atoms with Crippen molar-refractivity contribution in [2.75, 3.05) is 6.54 Å². The van der Waals surface area contributed by atoms with Crippen molar-refractivity contribution in [2.24, 2.45) is 11.7 Å². The summed E-state index contributed by atoms with van der Waals surface area (Å²) in [5.74, 6) is -13.5. The van der Waals surface area contributed by atoms with Gasteiger partial charge in [0, 0.05) is 18.0 Å². The van der Waals surface area contributed by atoms with E-state index in [1.54, 1.807) is 12.1 Å². The van der Waals surface area contributed by atoms with Crippen LogP contribution in [0.1, 0.15) is 37.3 Å². The highest BCUT2D eigenvalue weighted by atomic mass is 19.2. The molecule has 0 saturated heterocycles. The maximum Gasteiger partial charge on any atom is 0.407 e. The Hall–Kier alpha value is -3.70. The van der Waals surface area contributed by atoms with E-state index < -0.39 is 70.9 Å². The van der Waals surface area contributed by atoms with Gasteiger partial charge in [0.1, 0.15) is 12.6 Å². The van der Waals surface area contributed by atoms with E-state index in [-0.39, 0.29) is 19.6 Å². The predicted octanol–water partition coefficient (Wildman–Crippen LogP) is 3.63. The summed E-state index contributed by atoms with van der Waals surface area (Å²) in [5.41, 5.74) is 4.99. The Balaban J connectivity index is 1.79. The minimum Gasteiger partial charge on any atom is -0.445 e. The van der Waals surface area contributed by atoms with Gasteiger partial charge in [-0.25, -0.2) is 26.7 Å². The highest BCUT2D eigenvalue weighted by Crippen LogP contribution is 2.25. The fraction of sp³-hybridized carbons (Fsp3) is 0.375. The van der Waals surface area contributed by atoms with Crippen LogP contribution < -0.4 is 16.4 Å². The fourth-order valence-electron chi connectivity index (χ4n) is 3.27. The van der Waals surface area contributed by atoms with Crippen LogP contribution in [0.4, 0.5) is 26.7 Å². The summed E-state index contributed by atoms with van der Waals surface area (Å²) in [6, 6.07) is 7.92. The summed E-state index contributed by atoms with van der Waals surface area (Å²) in [5, 5.41) is 4.86. The summed E-state index contributed by atoms with van der Waals surface area (Å²) in [7, 11) is 0. The molecule has 3 amide bonds. The van der Waals surface area contributed by atoms with Crippen molar-refractivity contribution in [1.29, 1.82) is 0 Å². The van der Waals surface area contributed by atoms with E-state index in [9.17, 15) is 36.3 Å². The minimum absolute atomic E-state index is 0.0943. The zero-order valence-electron chi connectivity index (χ0n) is 19.4. The first-order valence-corrected chi connectivity index (χ1v) is 11.1. The highest BCUT2D eigenvalue weighted by Gasteiger charge is 2.29. The first-order chi connectivity index (χ1) is 17.0. The molecule has 0 radical (unpaired) electrons. The molecule has 2 atom stereocenters. The largest absolute Gasteiger partial charge is 0.445 e. The first-order valence-electron chi connectivity index (χ1n) is 11.1. The number of carbonyl (C=O) groups excluding carboxylic acids is 3. The van der Waals surface area contributed by atoms with Crippen molar-refractivity contribution in [2.45, 2.75) is 45.3 Å². The van der Waals surface area contributed by atoms with E-state index in [0.717, 1.165) is 5.56 Å². The van der Waals surface area contributed by atoms with Crippen molar-refractivity contribution in [3.63, 3.8) is 0 Å². The molecule has 0 saturated carbocycles. The Morgan fingerprint density at radius 1 is 0.917 bits per heavy atom. The molecule has 12 heteroatoms. The third-order valence-corrected chi connectivity index (χ3v) is 5.32. The second-order valence-corrected chi connectivity index (χ2v) is 8.10.